The lowest BCUT2D eigenvalue weighted by Crippen LogP contribution is -2.49. The molecule has 1 aliphatic carbocycles. The van der Waals surface area contributed by atoms with E-state index >= 15 is 0 Å². The number of nitrogens with zero attached hydrogens (tertiary/aromatic N) is 2. The highest BCUT2D eigenvalue weighted by molar-refractivity contribution is 5.80. The molecular formula is C14H22N2O4. The van der Waals surface area contributed by atoms with Crippen molar-refractivity contribution in [2.75, 3.05) is 39.4 Å². The lowest BCUT2D eigenvalue weighted by molar-refractivity contribution is -0.145. The van der Waals surface area contributed by atoms with Crippen molar-refractivity contribution in [3.8, 4) is 0 Å². The molecule has 0 radical (unpaired) electrons. The first-order chi connectivity index (χ1) is 9.66. The molecule has 6 nitrogen and oxygen atoms in total. The second kappa shape index (κ2) is 5.69. The van der Waals surface area contributed by atoms with E-state index in [1.165, 1.54) is 0 Å². The number of likely N-dealkylation sites (tertiary alicyclic amines) is 1. The summed E-state index contributed by atoms with van der Waals surface area (Å²) in [5, 5.41) is 9.47. The van der Waals surface area contributed by atoms with E-state index in [1.54, 1.807) is 4.90 Å². The Labute approximate surface area is 118 Å². The first kappa shape index (κ1) is 13.8. The fourth-order valence-corrected chi connectivity index (χ4v) is 3.98. The Morgan fingerprint density at radius 3 is 2.65 bits per heavy atom. The lowest BCUT2D eigenvalue weighted by atomic mass is 9.94. The number of carboxylic acid groups (broad SMARTS) is 1. The number of morpholine rings is 1. The highest BCUT2D eigenvalue weighted by Crippen LogP contribution is 2.42. The number of hydrogen-bond donors (Lipinski definition) is 1. The average Bonchev–Trinajstić information content (AvgIpc) is 2.99. The summed E-state index contributed by atoms with van der Waals surface area (Å²) in [5.41, 5.74) is 0. The summed E-state index contributed by atoms with van der Waals surface area (Å²) in [7, 11) is 0. The van der Waals surface area contributed by atoms with Crippen LogP contribution in [0, 0.1) is 11.8 Å². The van der Waals surface area contributed by atoms with Gasteiger partial charge in [0.2, 0.25) is 5.91 Å². The van der Waals surface area contributed by atoms with Gasteiger partial charge in [0.15, 0.2) is 0 Å². The monoisotopic (exact) mass is 282 g/mol. The van der Waals surface area contributed by atoms with Crippen LogP contribution in [-0.4, -0.2) is 72.2 Å². The van der Waals surface area contributed by atoms with Gasteiger partial charge in [-0.05, 0) is 24.7 Å². The van der Waals surface area contributed by atoms with Crippen molar-refractivity contribution in [1.29, 1.82) is 0 Å². The van der Waals surface area contributed by atoms with Gasteiger partial charge in [0, 0.05) is 19.6 Å². The summed E-state index contributed by atoms with van der Waals surface area (Å²) in [6, 6.07) is -0.465. The standard InChI is InChI=1S/C14H22N2O4/c17-12(15-4-6-20-7-5-15)9-16-8-10-2-1-3-11(10)13(16)14(18)19/h10-11,13H,1-9H2,(H,18,19). The normalized spacial score (nSPS) is 34.2. The van der Waals surface area contributed by atoms with Gasteiger partial charge in [0.25, 0.3) is 0 Å². The van der Waals surface area contributed by atoms with Crippen LogP contribution in [0.4, 0.5) is 0 Å². The van der Waals surface area contributed by atoms with Crippen molar-refractivity contribution in [3.63, 3.8) is 0 Å². The quantitative estimate of drug-likeness (QED) is 0.791. The molecule has 1 amide bonds. The van der Waals surface area contributed by atoms with Crippen molar-refractivity contribution in [1.82, 2.24) is 9.80 Å². The summed E-state index contributed by atoms with van der Waals surface area (Å²) in [4.78, 5) is 27.5. The SMILES string of the molecule is O=C(O)C1C2CCCC2CN1CC(=O)N1CCOCC1. The summed E-state index contributed by atoms with van der Waals surface area (Å²) < 4.78 is 5.24. The van der Waals surface area contributed by atoms with E-state index in [4.69, 9.17) is 4.74 Å². The molecular weight excluding hydrogens is 260 g/mol. The molecule has 0 aromatic rings. The first-order valence-corrected chi connectivity index (χ1v) is 7.49. The molecule has 3 fully saturated rings. The maximum Gasteiger partial charge on any atom is 0.321 e. The maximum absolute atomic E-state index is 12.3. The van der Waals surface area contributed by atoms with Crippen LogP contribution >= 0.6 is 0 Å². The zero-order chi connectivity index (χ0) is 14.1. The van der Waals surface area contributed by atoms with E-state index in [2.05, 4.69) is 0 Å². The van der Waals surface area contributed by atoms with Gasteiger partial charge in [-0.3, -0.25) is 14.5 Å². The van der Waals surface area contributed by atoms with Crippen LogP contribution in [0.1, 0.15) is 19.3 Å². The number of fused-ring (bicyclic) bond motifs is 1. The molecule has 2 aliphatic heterocycles. The van der Waals surface area contributed by atoms with Crippen molar-refractivity contribution in [2.24, 2.45) is 11.8 Å². The van der Waals surface area contributed by atoms with E-state index in [-0.39, 0.29) is 18.4 Å². The van der Waals surface area contributed by atoms with Crippen LogP contribution in [0.15, 0.2) is 0 Å². The highest BCUT2D eigenvalue weighted by Gasteiger charge is 2.48. The van der Waals surface area contributed by atoms with Crippen molar-refractivity contribution in [3.05, 3.63) is 0 Å². The van der Waals surface area contributed by atoms with Crippen LogP contribution in [0.25, 0.3) is 0 Å². The molecule has 3 atom stereocenters. The van der Waals surface area contributed by atoms with Crippen LogP contribution in [0.5, 0.6) is 0 Å². The molecule has 1 N–H and O–H groups in total. The van der Waals surface area contributed by atoms with Gasteiger partial charge in [-0.25, -0.2) is 0 Å². The molecule has 20 heavy (non-hydrogen) atoms. The second-order valence-corrected chi connectivity index (χ2v) is 6.06. The van der Waals surface area contributed by atoms with Crippen molar-refractivity contribution in [2.45, 2.75) is 25.3 Å². The Kier molecular flexibility index (Phi) is 3.94. The van der Waals surface area contributed by atoms with Gasteiger partial charge < -0.3 is 14.7 Å². The average molecular weight is 282 g/mol. The van der Waals surface area contributed by atoms with Crippen LogP contribution < -0.4 is 0 Å². The largest absolute Gasteiger partial charge is 0.480 e. The smallest absolute Gasteiger partial charge is 0.321 e. The molecule has 1 saturated carbocycles. The molecule has 112 valence electrons. The predicted molar refractivity (Wildman–Crippen MR) is 71.2 cm³/mol. The molecule has 0 aromatic carbocycles. The lowest BCUT2D eigenvalue weighted by Gasteiger charge is -2.30. The van der Waals surface area contributed by atoms with E-state index in [9.17, 15) is 14.7 Å². The zero-order valence-electron chi connectivity index (χ0n) is 11.7. The zero-order valence-corrected chi connectivity index (χ0v) is 11.7. The van der Waals surface area contributed by atoms with Crippen LogP contribution in [-0.2, 0) is 14.3 Å². The van der Waals surface area contributed by atoms with Crippen LogP contribution in [0.2, 0.25) is 0 Å². The van der Waals surface area contributed by atoms with Crippen molar-refractivity contribution < 1.29 is 19.4 Å². The number of carbonyl (C=O) groups is 2. The number of rotatable bonds is 3. The van der Waals surface area contributed by atoms with E-state index in [0.29, 0.717) is 32.2 Å². The molecule has 3 rings (SSSR count). The number of carboxylic acids is 1. The van der Waals surface area contributed by atoms with Gasteiger partial charge >= 0.3 is 5.97 Å². The summed E-state index contributed by atoms with van der Waals surface area (Å²) >= 11 is 0. The molecule has 3 unspecified atom stereocenters. The Hall–Kier alpha value is -1.14. The topological polar surface area (TPSA) is 70.1 Å². The minimum absolute atomic E-state index is 0.0412. The van der Waals surface area contributed by atoms with E-state index < -0.39 is 12.0 Å². The third-order valence-corrected chi connectivity index (χ3v) is 4.94. The predicted octanol–water partition coefficient (Wildman–Crippen LogP) is 0.0303. The van der Waals surface area contributed by atoms with Gasteiger partial charge in [-0.2, -0.15) is 0 Å². The molecule has 0 aromatic heterocycles. The summed E-state index contributed by atoms with van der Waals surface area (Å²) in [6.07, 6.45) is 3.23. The molecule has 2 saturated heterocycles. The van der Waals surface area contributed by atoms with E-state index in [1.807, 2.05) is 4.90 Å². The number of aliphatic carboxylic acids is 1. The Balaban J connectivity index is 1.63. The fourth-order valence-electron chi connectivity index (χ4n) is 3.98. The van der Waals surface area contributed by atoms with Crippen LogP contribution in [0.3, 0.4) is 0 Å². The molecule has 2 heterocycles. The second-order valence-electron chi connectivity index (χ2n) is 6.06. The Morgan fingerprint density at radius 1 is 1.20 bits per heavy atom. The van der Waals surface area contributed by atoms with Gasteiger partial charge in [0.05, 0.1) is 19.8 Å². The third-order valence-electron chi connectivity index (χ3n) is 4.94. The first-order valence-electron chi connectivity index (χ1n) is 7.49. The minimum atomic E-state index is -0.769. The Morgan fingerprint density at radius 2 is 1.95 bits per heavy atom. The third kappa shape index (κ3) is 2.54. The van der Waals surface area contributed by atoms with Gasteiger partial charge in [-0.1, -0.05) is 6.42 Å². The number of hydrogen-bond acceptors (Lipinski definition) is 4. The van der Waals surface area contributed by atoms with E-state index in [0.717, 1.165) is 25.8 Å². The molecule has 0 bridgehead atoms. The fraction of sp³-hybridized carbons (Fsp3) is 0.857. The van der Waals surface area contributed by atoms with Gasteiger partial charge in [-0.15, -0.1) is 0 Å². The number of ether oxygens (including phenoxy) is 1. The molecule has 3 aliphatic rings. The molecule has 0 spiro atoms. The van der Waals surface area contributed by atoms with Crippen molar-refractivity contribution >= 4 is 11.9 Å². The van der Waals surface area contributed by atoms with Gasteiger partial charge in [0.1, 0.15) is 6.04 Å². The maximum atomic E-state index is 12.3. The number of amides is 1. The Bertz CT molecular complexity index is 395. The number of carbonyl (C=O) groups excluding carboxylic acids is 1. The minimum Gasteiger partial charge on any atom is -0.480 e. The molecule has 6 heteroatoms. The summed E-state index contributed by atoms with van der Waals surface area (Å²) in [5.74, 6) is -0.0210. The summed E-state index contributed by atoms with van der Waals surface area (Å²) in [6.45, 7) is 3.41. The highest BCUT2D eigenvalue weighted by atomic mass is 16.5.